The Bertz CT molecular complexity index is 896. The molecule has 146 valence electrons. The third-order valence-corrected chi connectivity index (χ3v) is 4.01. The molecule has 1 aliphatic heterocycles. The Balaban J connectivity index is 1.41. The van der Waals surface area contributed by atoms with Crippen molar-refractivity contribution < 1.29 is 28.6 Å². The van der Waals surface area contributed by atoms with Gasteiger partial charge in [-0.1, -0.05) is 19.1 Å². The summed E-state index contributed by atoms with van der Waals surface area (Å²) in [5.74, 6) is -0.600. The Kier molecular flexibility index (Phi) is 6.11. The fraction of sp³-hybridized carbons (Fsp3) is 0.250. The number of ether oxygens (including phenoxy) is 3. The second-order valence-electron chi connectivity index (χ2n) is 6.01. The van der Waals surface area contributed by atoms with Crippen molar-refractivity contribution in [3.8, 4) is 11.5 Å². The summed E-state index contributed by atoms with van der Waals surface area (Å²) >= 11 is 0. The molecular formula is C20H20N2O6. The number of rotatable bonds is 7. The molecule has 0 spiro atoms. The van der Waals surface area contributed by atoms with Gasteiger partial charge in [-0.15, -0.1) is 0 Å². The van der Waals surface area contributed by atoms with Gasteiger partial charge in [-0.05, 0) is 42.3 Å². The highest BCUT2D eigenvalue weighted by Crippen LogP contribution is 2.32. The molecule has 2 aromatic carbocycles. The second kappa shape index (κ2) is 8.90. The van der Waals surface area contributed by atoms with E-state index in [0.29, 0.717) is 22.7 Å². The van der Waals surface area contributed by atoms with Crippen LogP contribution in [0.4, 0.5) is 5.69 Å². The number of hydrogen-bond acceptors (Lipinski definition) is 6. The number of fused-ring (bicyclic) bond motifs is 1. The van der Waals surface area contributed by atoms with E-state index >= 15 is 0 Å². The van der Waals surface area contributed by atoms with E-state index in [0.717, 1.165) is 12.0 Å². The van der Waals surface area contributed by atoms with Gasteiger partial charge in [-0.3, -0.25) is 14.4 Å². The molecule has 8 heteroatoms. The quantitative estimate of drug-likeness (QED) is 0.707. The molecule has 0 radical (unpaired) electrons. The Morgan fingerprint density at radius 1 is 1.07 bits per heavy atom. The van der Waals surface area contributed by atoms with Crippen LogP contribution in [0.25, 0.3) is 0 Å². The van der Waals surface area contributed by atoms with E-state index in [-0.39, 0.29) is 13.3 Å². The van der Waals surface area contributed by atoms with E-state index in [9.17, 15) is 14.4 Å². The smallest absolute Gasteiger partial charge is 0.325 e. The van der Waals surface area contributed by atoms with E-state index in [2.05, 4.69) is 10.6 Å². The normalized spacial score (nSPS) is 11.6. The first kappa shape index (κ1) is 19.2. The van der Waals surface area contributed by atoms with Crippen molar-refractivity contribution in [2.45, 2.75) is 13.3 Å². The van der Waals surface area contributed by atoms with Crippen LogP contribution in [0.15, 0.2) is 42.5 Å². The van der Waals surface area contributed by atoms with E-state index < -0.39 is 24.4 Å². The van der Waals surface area contributed by atoms with Crippen LogP contribution in [-0.4, -0.2) is 37.7 Å². The minimum atomic E-state index is -0.716. The summed E-state index contributed by atoms with van der Waals surface area (Å²) in [5, 5.41) is 5.09. The van der Waals surface area contributed by atoms with E-state index in [1.807, 2.05) is 25.1 Å². The van der Waals surface area contributed by atoms with E-state index in [1.54, 1.807) is 18.2 Å². The molecule has 0 aliphatic carbocycles. The molecule has 0 saturated heterocycles. The lowest BCUT2D eigenvalue weighted by molar-refractivity contribution is -0.146. The molecule has 1 aliphatic rings. The first-order valence-electron chi connectivity index (χ1n) is 8.77. The van der Waals surface area contributed by atoms with Crippen molar-refractivity contribution in [3.63, 3.8) is 0 Å². The highest BCUT2D eigenvalue weighted by molar-refractivity contribution is 5.97. The van der Waals surface area contributed by atoms with Gasteiger partial charge in [0, 0.05) is 11.3 Å². The highest BCUT2D eigenvalue weighted by Gasteiger charge is 2.17. The van der Waals surface area contributed by atoms with Crippen LogP contribution in [0, 0.1) is 0 Å². The molecule has 8 nitrogen and oxygen atoms in total. The molecule has 2 amide bonds. The fourth-order valence-electron chi connectivity index (χ4n) is 2.56. The molecule has 0 aromatic heterocycles. The molecule has 0 unspecified atom stereocenters. The van der Waals surface area contributed by atoms with Gasteiger partial charge in [-0.2, -0.15) is 0 Å². The van der Waals surface area contributed by atoms with Crippen molar-refractivity contribution in [1.82, 2.24) is 5.32 Å². The molecule has 3 rings (SSSR count). The second-order valence-corrected chi connectivity index (χ2v) is 6.01. The Labute approximate surface area is 161 Å². The Hall–Kier alpha value is -3.55. The summed E-state index contributed by atoms with van der Waals surface area (Å²) in [4.78, 5) is 35.7. The molecular weight excluding hydrogens is 364 g/mol. The van der Waals surface area contributed by atoms with Crippen LogP contribution < -0.4 is 20.1 Å². The number of carbonyl (C=O) groups excluding carboxylic acids is 3. The maximum absolute atomic E-state index is 12.1. The van der Waals surface area contributed by atoms with Crippen LogP contribution >= 0.6 is 0 Å². The number of carbonyl (C=O) groups is 3. The van der Waals surface area contributed by atoms with Gasteiger partial charge in [0.25, 0.3) is 11.8 Å². The number of anilines is 1. The van der Waals surface area contributed by atoms with Gasteiger partial charge in [0.1, 0.15) is 6.54 Å². The average Bonchev–Trinajstić information content (AvgIpc) is 3.18. The predicted molar refractivity (Wildman–Crippen MR) is 100 cm³/mol. The van der Waals surface area contributed by atoms with Gasteiger partial charge in [0.15, 0.2) is 18.1 Å². The van der Waals surface area contributed by atoms with Crippen LogP contribution in [0.5, 0.6) is 11.5 Å². The first-order valence-corrected chi connectivity index (χ1v) is 8.77. The molecule has 28 heavy (non-hydrogen) atoms. The van der Waals surface area contributed by atoms with Gasteiger partial charge in [0.2, 0.25) is 6.79 Å². The number of amides is 2. The van der Waals surface area contributed by atoms with Crippen molar-refractivity contribution in [1.29, 1.82) is 0 Å². The topological polar surface area (TPSA) is 103 Å². The summed E-state index contributed by atoms with van der Waals surface area (Å²) in [7, 11) is 0. The summed E-state index contributed by atoms with van der Waals surface area (Å²) in [6, 6.07) is 12.1. The van der Waals surface area contributed by atoms with Crippen LogP contribution in [0.2, 0.25) is 0 Å². The molecule has 0 atom stereocenters. The molecule has 0 fully saturated rings. The summed E-state index contributed by atoms with van der Waals surface area (Å²) in [5.41, 5.74) is 2.04. The summed E-state index contributed by atoms with van der Waals surface area (Å²) in [6.45, 7) is 1.33. The van der Waals surface area contributed by atoms with Crippen LogP contribution in [0.3, 0.4) is 0 Å². The van der Waals surface area contributed by atoms with Gasteiger partial charge in [-0.25, -0.2) is 0 Å². The van der Waals surface area contributed by atoms with Gasteiger partial charge < -0.3 is 24.8 Å². The zero-order valence-electron chi connectivity index (χ0n) is 15.3. The van der Waals surface area contributed by atoms with Crippen LogP contribution in [-0.2, 0) is 20.7 Å². The standard InChI is InChI=1S/C20H20N2O6/c1-2-13-4-3-5-15(8-13)22-18(23)11-26-19(24)10-21-20(25)14-6-7-16-17(9-14)28-12-27-16/h3-9H,2,10-12H2,1H3,(H,21,25)(H,22,23). The van der Waals surface area contributed by atoms with Crippen LogP contribution in [0.1, 0.15) is 22.8 Å². The zero-order valence-corrected chi connectivity index (χ0v) is 15.3. The lowest BCUT2D eigenvalue weighted by Crippen LogP contribution is -2.32. The predicted octanol–water partition coefficient (Wildman–Crippen LogP) is 1.89. The molecule has 2 aromatic rings. The van der Waals surface area contributed by atoms with Crippen molar-refractivity contribution in [2.75, 3.05) is 25.3 Å². The van der Waals surface area contributed by atoms with Gasteiger partial charge in [0.05, 0.1) is 0 Å². The maximum Gasteiger partial charge on any atom is 0.325 e. The van der Waals surface area contributed by atoms with Gasteiger partial charge >= 0.3 is 5.97 Å². The number of aryl methyl sites for hydroxylation is 1. The number of esters is 1. The molecule has 2 N–H and O–H groups in total. The van der Waals surface area contributed by atoms with E-state index in [1.165, 1.54) is 6.07 Å². The van der Waals surface area contributed by atoms with Crippen molar-refractivity contribution in [3.05, 3.63) is 53.6 Å². The number of hydrogen-bond donors (Lipinski definition) is 2. The Morgan fingerprint density at radius 3 is 2.71 bits per heavy atom. The summed E-state index contributed by atoms with van der Waals surface area (Å²) < 4.78 is 15.3. The third kappa shape index (κ3) is 5.00. The lowest BCUT2D eigenvalue weighted by Gasteiger charge is -2.08. The molecule has 0 saturated carbocycles. The Morgan fingerprint density at radius 2 is 1.89 bits per heavy atom. The maximum atomic E-state index is 12.1. The highest BCUT2D eigenvalue weighted by atomic mass is 16.7. The third-order valence-electron chi connectivity index (χ3n) is 4.01. The average molecular weight is 384 g/mol. The number of nitrogens with one attached hydrogen (secondary N) is 2. The first-order chi connectivity index (χ1) is 13.5. The van der Waals surface area contributed by atoms with Crippen molar-refractivity contribution in [2.24, 2.45) is 0 Å². The largest absolute Gasteiger partial charge is 0.454 e. The SMILES string of the molecule is CCc1cccc(NC(=O)COC(=O)CNC(=O)c2ccc3c(c2)OCO3)c1. The zero-order chi connectivity index (χ0) is 19.9. The fourth-order valence-corrected chi connectivity index (χ4v) is 2.56. The number of benzene rings is 2. The van der Waals surface area contributed by atoms with Crippen molar-refractivity contribution >= 4 is 23.5 Å². The minimum absolute atomic E-state index is 0.109. The summed E-state index contributed by atoms with van der Waals surface area (Å²) in [6.07, 6.45) is 0.849. The monoisotopic (exact) mass is 384 g/mol. The van der Waals surface area contributed by atoms with E-state index in [4.69, 9.17) is 14.2 Å². The lowest BCUT2D eigenvalue weighted by atomic mass is 10.1. The molecule has 1 heterocycles. The molecule has 0 bridgehead atoms. The minimum Gasteiger partial charge on any atom is -0.454 e.